The van der Waals surface area contributed by atoms with E-state index in [2.05, 4.69) is 42.4 Å². The highest BCUT2D eigenvalue weighted by molar-refractivity contribution is 5.98. The Hall–Kier alpha value is -2.29. The molecule has 0 atom stereocenters. The van der Waals surface area contributed by atoms with E-state index in [-0.39, 0.29) is 0 Å². The van der Waals surface area contributed by atoms with Crippen LogP contribution in [0.25, 0.3) is 22.0 Å². The van der Waals surface area contributed by atoms with Crippen molar-refractivity contribution in [2.24, 2.45) is 7.05 Å². The number of hydrogen-bond acceptors (Lipinski definition) is 2. The Morgan fingerprint density at radius 1 is 1.05 bits per heavy atom. The molecule has 3 nitrogen and oxygen atoms in total. The molecule has 3 heteroatoms. The first kappa shape index (κ1) is 11.8. The van der Waals surface area contributed by atoms with Crippen molar-refractivity contribution in [3.05, 3.63) is 48.2 Å². The fraction of sp³-hybridized carbons (Fsp3) is 0.188. The van der Waals surface area contributed by atoms with Crippen molar-refractivity contribution in [2.75, 3.05) is 7.11 Å². The number of hydrogen-bond donors (Lipinski definition) is 0. The van der Waals surface area contributed by atoms with E-state index in [9.17, 15) is 0 Å². The molecule has 2 aromatic carbocycles. The second kappa shape index (κ2) is 4.43. The number of aromatic nitrogens is 2. The molecule has 0 aliphatic rings. The molecule has 19 heavy (non-hydrogen) atoms. The third-order valence-corrected chi connectivity index (χ3v) is 3.45. The number of aryl methyl sites for hydroxylation is 2. The van der Waals surface area contributed by atoms with Crippen LogP contribution in [0.15, 0.2) is 42.6 Å². The molecule has 0 spiro atoms. The zero-order valence-electron chi connectivity index (χ0n) is 11.3. The first-order valence-electron chi connectivity index (χ1n) is 6.26. The van der Waals surface area contributed by atoms with Crippen molar-refractivity contribution in [1.29, 1.82) is 0 Å². The maximum absolute atomic E-state index is 5.42. The van der Waals surface area contributed by atoms with E-state index in [1.54, 1.807) is 7.11 Å². The zero-order valence-corrected chi connectivity index (χ0v) is 11.3. The van der Waals surface area contributed by atoms with E-state index in [1.807, 2.05) is 24.0 Å². The Balaban J connectivity index is 2.28. The van der Waals surface area contributed by atoms with Crippen molar-refractivity contribution in [3.63, 3.8) is 0 Å². The summed E-state index contributed by atoms with van der Waals surface area (Å²) in [5.74, 6) is 0.853. The summed E-state index contributed by atoms with van der Waals surface area (Å²) in [7, 11) is 3.62. The summed E-state index contributed by atoms with van der Waals surface area (Å²) in [6, 6.07) is 12.6. The number of benzene rings is 2. The van der Waals surface area contributed by atoms with Gasteiger partial charge in [0, 0.05) is 12.4 Å². The Kier molecular flexibility index (Phi) is 2.75. The maximum atomic E-state index is 5.42. The lowest BCUT2D eigenvalue weighted by atomic mass is 10.0. The average molecular weight is 252 g/mol. The smallest absolute Gasteiger partial charge is 0.144 e. The lowest BCUT2D eigenvalue weighted by Crippen LogP contribution is -1.93. The van der Waals surface area contributed by atoms with Crippen LogP contribution >= 0.6 is 0 Å². The van der Waals surface area contributed by atoms with E-state index < -0.39 is 0 Å². The average Bonchev–Trinajstić information content (AvgIpc) is 2.82. The molecule has 96 valence electrons. The van der Waals surface area contributed by atoms with Crippen molar-refractivity contribution in [2.45, 2.75) is 6.92 Å². The first-order chi connectivity index (χ1) is 9.20. The normalized spacial score (nSPS) is 10.9. The van der Waals surface area contributed by atoms with Crippen LogP contribution in [0.3, 0.4) is 0 Å². The molecule has 0 saturated carbocycles. The number of rotatable bonds is 2. The maximum Gasteiger partial charge on any atom is 0.144 e. The fourth-order valence-corrected chi connectivity index (χ4v) is 2.40. The quantitative estimate of drug-likeness (QED) is 0.697. The van der Waals surface area contributed by atoms with Crippen LogP contribution in [0.4, 0.5) is 0 Å². The van der Waals surface area contributed by atoms with Gasteiger partial charge >= 0.3 is 0 Å². The molecule has 1 heterocycles. The van der Waals surface area contributed by atoms with E-state index in [4.69, 9.17) is 4.74 Å². The topological polar surface area (TPSA) is 27.1 Å². The summed E-state index contributed by atoms with van der Waals surface area (Å²) >= 11 is 0. The molecule has 1 aromatic heterocycles. The van der Waals surface area contributed by atoms with Crippen LogP contribution in [0.2, 0.25) is 0 Å². The Morgan fingerprint density at radius 3 is 2.47 bits per heavy atom. The van der Waals surface area contributed by atoms with Crippen LogP contribution in [0.5, 0.6) is 5.75 Å². The number of methoxy groups -OCH3 is 1. The van der Waals surface area contributed by atoms with Crippen LogP contribution in [0, 0.1) is 6.92 Å². The van der Waals surface area contributed by atoms with Crippen LogP contribution in [-0.2, 0) is 7.05 Å². The van der Waals surface area contributed by atoms with E-state index in [0.717, 1.165) is 16.7 Å². The summed E-state index contributed by atoms with van der Waals surface area (Å²) in [6.45, 7) is 2.09. The van der Waals surface area contributed by atoms with E-state index >= 15 is 0 Å². The molecular weight excluding hydrogens is 236 g/mol. The van der Waals surface area contributed by atoms with Gasteiger partial charge in [-0.1, -0.05) is 29.8 Å². The molecule has 0 amide bonds. The van der Waals surface area contributed by atoms with Gasteiger partial charge in [-0.25, -0.2) is 0 Å². The zero-order chi connectivity index (χ0) is 13.4. The second-order valence-electron chi connectivity index (χ2n) is 4.71. The highest BCUT2D eigenvalue weighted by Crippen LogP contribution is 2.34. The third kappa shape index (κ3) is 1.87. The van der Waals surface area contributed by atoms with Gasteiger partial charge in [0.1, 0.15) is 11.3 Å². The number of fused-ring (bicyclic) bond motifs is 1. The lowest BCUT2D eigenvalue weighted by Gasteiger charge is -2.08. The molecule has 0 N–H and O–H groups in total. The largest absolute Gasteiger partial charge is 0.494 e. The monoisotopic (exact) mass is 252 g/mol. The molecule has 0 aliphatic heterocycles. The minimum Gasteiger partial charge on any atom is -0.494 e. The van der Waals surface area contributed by atoms with E-state index in [0.29, 0.717) is 0 Å². The van der Waals surface area contributed by atoms with Gasteiger partial charge in [-0.2, -0.15) is 5.10 Å². The first-order valence-corrected chi connectivity index (χ1v) is 6.26. The van der Waals surface area contributed by atoms with Gasteiger partial charge in [-0.3, -0.25) is 4.68 Å². The molecule has 0 aliphatic carbocycles. The third-order valence-electron chi connectivity index (χ3n) is 3.45. The Labute approximate surface area is 112 Å². The predicted octanol–water partition coefficient (Wildman–Crippen LogP) is 3.56. The summed E-state index contributed by atoms with van der Waals surface area (Å²) in [5.41, 5.74) is 4.68. The number of ether oxygens (including phenoxy) is 1. The summed E-state index contributed by atoms with van der Waals surface area (Å²) < 4.78 is 7.27. The molecular formula is C16H16N2O. The SMILES string of the molecule is COc1ccc(-c2ccc(C)cc2)c2cnn(C)c12. The van der Waals surface area contributed by atoms with Crippen molar-refractivity contribution < 1.29 is 4.74 Å². The highest BCUT2D eigenvalue weighted by Gasteiger charge is 2.11. The second-order valence-corrected chi connectivity index (χ2v) is 4.71. The molecule has 0 bridgehead atoms. The molecule has 3 rings (SSSR count). The van der Waals surface area contributed by atoms with Gasteiger partial charge in [0.15, 0.2) is 0 Å². The van der Waals surface area contributed by atoms with Gasteiger partial charge in [0.2, 0.25) is 0 Å². The minimum atomic E-state index is 0.853. The van der Waals surface area contributed by atoms with Gasteiger partial charge in [-0.05, 0) is 30.2 Å². The van der Waals surface area contributed by atoms with Crippen LogP contribution < -0.4 is 4.74 Å². The van der Waals surface area contributed by atoms with Crippen LogP contribution in [-0.4, -0.2) is 16.9 Å². The summed E-state index contributed by atoms with van der Waals surface area (Å²) in [6.07, 6.45) is 1.90. The minimum absolute atomic E-state index is 0.853. The predicted molar refractivity (Wildman–Crippen MR) is 77.4 cm³/mol. The summed E-state index contributed by atoms with van der Waals surface area (Å²) in [4.78, 5) is 0. The fourth-order valence-electron chi connectivity index (χ4n) is 2.40. The molecule has 0 radical (unpaired) electrons. The molecule has 0 unspecified atom stereocenters. The van der Waals surface area contributed by atoms with Crippen LogP contribution in [0.1, 0.15) is 5.56 Å². The summed E-state index contributed by atoms with van der Waals surface area (Å²) in [5, 5.41) is 5.46. The van der Waals surface area contributed by atoms with Crippen molar-refractivity contribution in [3.8, 4) is 16.9 Å². The lowest BCUT2D eigenvalue weighted by molar-refractivity contribution is 0.417. The Morgan fingerprint density at radius 2 is 1.79 bits per heavy atom. The molecule has 0 fully saturated rings. The standard InChI is InChI=1S/C16H16N2O/c1-11-4-6-12(7-5-11)13-8-9-15(19-3)16-14(13)10-17-18(16)2/h4-10H,1-3H3. The van der Waals surface area contributed by atoms with Gasteiger partial charge in [-0.15, -0.1) is 0 Å². The Bertz CT molecular complexity index is 726. The molecule has 3 aromatic rings. The van der Waals surface area contributed by atoms with E-state index in [1.165, 1.54) is 16.7 Å². The van der Waals surface area contributed by atoms with Gasteiger partial charge in [0.25, 0.3) is 0 Å². The number of nitrogens with zero attached hydrogens (tertiary/aromatic N) is 2. The van der Waals surface area contributed by atoms with Gasteiger partial charge in [0.05, 0.1) is 13.3 Å². The highest BCUT2D eigenvalue weighted by atomic mass is 16.5. The van der Waals surface area contributed by atoms with Gasteiger partial charge < -0.3 is 4.74 Å². The van der Waals surface area contributed by atoms with Crippen molar-refractivity contribution >= 4 is 10.9 Å². The molecule has 0 saturated heterocycles. The van der Waals surface area contributed by atoms with Crippen molar-refractivity contribution in [1.82, 2.24) is 9.78 Å².